The van der Waals surface area contributed by atoms with E-state index in [0.29, 0.717) is 10.3 Å². The molecule has 1 heterocycles. The van der Waals surface area contributed by atoms with Crippen molar-refractivity contribution in [2.24, 2.45) is 0 Å². The molecule has 1 N–H and O–H groups in total. The predicted octanol–water partition coefficient (Wildman–Crippen LogP) is 2.67. The Hall–Kier alpha value is -0.270. The first-order chi connectivity index (χ1) is 7.54. The van der Waals surface area contributed by atoms with Crippen LogP contribution in [-0.2, 0) is 0 Å². The minimum absolute atomic E-state index is 0.123. The zero-order valence-electron chi connectivity index (χ0n) is 8.21. The highest BCUT2D eigenvalue weighted by molar-refractivity contribution is 9.11. The van der Waals surface area contributed by atoms with Gasteiger partial charge in [-0.1, -0.05) is 0 Å². The SMILES string of the molecule is OCCN(CC(F)F)c1ncc(Br)cc1Br. The van der Waals surface area contributed by atoms with Crippen LogP contribution in [0.4, 0.5) is 14.6 Å². The summed E-state index contributed by atoms with van der Waals surface area (Å²) in [6.07, 6.45) is -0.945. The third kappa shape index (κ3) is 3.95. The molecule has 16 heavy (non-hydrogen) atoms. The van der Waals surface area contributed by atoms with Crippen molar-refractivity contribution in [3.05, 3.63) is 21.2 Å². The monoisotopic (exact) mass is 358 g/mol. The maximum atomic E-state index is 12.3. The van der Waals surface area contributed by atoms with Crippen molar-refractivity contribution in [1.29, 1.82) is 0 Å². The number of rotatable bonds is 5. The lowest BCUT2D eigenvalue weighted by atomic mass is 10.4. The number of halogens is 4. The molecule has 1 rings (SSSR count). The first-order valence-electron chi connectivity index (χ1n) is 4.49. The van der Waals surface area contributed by atoms with E-state index in [1.807, 2.05) is 0 Å². The number of anilines is 1. The van der Waals surface area contributed by atoms with E-state index in [1.54, 1.807) is 6.07 Å². The smallest absolute Gasteiger partial charge is 0.255 e. The van der Waals surface area contributed by atoms with Crippen LogP contribution in [0.15, 0.2) is 21.2 Å². The van der Waals surface area contributed by atoms with Gasteiger partial charge in [-0.05, 0) is 37.9 Å². The van der Waals surface area contributed by atoms with Gasteiger partial charge in [-0.3, -0.25) is 0 Å². The number of aromatic nitrogens is 1. The summed E-state index contributed by atoms with van der Waals surface area (Å²) >= 11 is 6.47. The number of aliphatic hydroxyl groups is 1. The average molecular weight is 360 g/mol. The lowest BCUT2D eigenvalue weighted by molar-refractivity contribution is 0.152. The molecule has 0 radical (unpaired) electrons. The fourth-order valence-electron chi connectivity index (χ4n) is 1.21. The van der Waals surface area contributed by atoms with Crippen molar-refractivity contribution in [2.75, 3.05) is 24.6 Å². The average Bonchev–Trinajstić information content (AvgIpc) is 2.16. The Balaban J connectivity index is 2.91. The van der Waals surface area contributed by atoms with E-state index in [-0.39, 0.29) is 13.2 Å². The molecule has 0 aliphatic heterocycles. The van der Waals surface area contributed by atoms with Crippen LogP contribution >= 0.6 is 31.9 Å². The highest BCUT2D eigenvalue weighted by atomic mass is 79.9. The number of hydrogen-bond donors (Lipinski definition) is 1. The van der Waals surface area contributed by atoms with Gasteiger partial charge in [0.1, 0.15) is 5.82 Å². The van der Waals surface area contributed by atoms with Gasteiger partial charge in [0.25, 0.3) is 6.43 Å². The molecule has 0 saturated carbocycles. The molecule has 0 bridgehead atoms. The zero-order chi connectivity index (χ0) is 12.1. The van der Waals surface area contributed by atoms with Gasteiger partial charge in [0, 0.05) is 17.2 Å². The summed E-state index contributed by atoms with van der Waals surface area (Å²) in [6.45, 7) is -0.526. The van der Waals surface area contributed by atoms with Crippen LogP contribution in [0.1, 0.15) is 0 Å². The van der Waals surface area contributed by atoms with Crippen LogP contribution in [-0.4, -0.2) is 36.2 Å². The maximum Gasteiger partial charge on any atom is 0.255 e. The van der Waals surface area contributed by atoms with E-state index >= 15 is 0 Å². The Bertz CT molecular complexity index is 352. The Morgan fingerprint density at radius 2 is 2.12 bits per heavy atom. The molecule has 90 valence electrons. The highest BCUT2D eigenvalue weighted by Gasteiger charge is 2.16. The molecular formula is C9H10Br2F2N2O. The molecule has 7 heteroatoms. The number of pyridine rings is 1. The molecule has 0 saturated heterocycles. The fraction of sp³-hybridized carbons (Fsp3) is 0.444. The van der Waals surface area contributed by atoms with Crippen molar-refractivity contribution in [2.45, 2.75) is 6.43 Å². The second-order valence-electron chi connectivity index (χ2n) is 3.02. The van der Waals surface area contributed by atoms with Gasteiger partial charge in [-0.2, -0.15) is 0 Å². The lowest BCUT2D eigenvalue weighted by Crippen LogP contribution is -2.32. The van der Waals surface area contributed by atoms with E-state index in [9.17, 15) is 8.78 Å². The van der Waals surface area contributed by atoms with Crippen LogP contribution in [0, 0.1) is 0 Å². The zero-order valence-corrected chi connectivity index (χ0v) is 11.4. The fourth-order valence-corrected chi connectivity index (χ4v) is 2.45. The summed E-state index contributed by atoms with van der Waals surface area (Å²) in [5, 5.41) is 8.82. The number of aliphatic hydroxyl groups excluding tert-OH is 1. The van der Waals surface area contributed by atoms with Gasteiger partial charge < -0.3 is 10.0 Å². The molecule has 0 aliphatic rings. The largest absolute Gasteiger partial charge is 0.395 e. The van der Waals surface area contributed by atoms with Crippen LogP contribution in [0.2, 0.25) is 0 Å². The first kappa shape index (κ1) is 13.8. The summed E-state index contributed by atoms with van der Waals surface area (Å²) < 4.78 is 26.0. The molecule has 0 aromatic carbocycles. The topological polar surface area (TPSA) is 36.4 Å². The molecule has 0 unspecified atom stereocenters. The summed E-state index contributed by atoms with van der Waals surface area (Å²) in [6, 6.07) is 1.72. The molecule has 0 aliphatic carbocycles. The summed E-state index contributed by atoms with van der Waals surface area (Å²) in [4.78, 5) is 5.37. The predicted molar refractivity (Wildman–Crippen MR) is 64.9 cm³/mol. The molecular weight excluding hydrogens is 350 g/mol. The quantitative estimate of drug-likeness (QED) is 0.878. The van der Waals surface area contributed by atoms with Gasteiger partial charge in [-0.15, -0.1) is 0 Å². The molecule has 0 amide bonds. The van der Waals surface area contributed by atoms with Crippen molar-refractivity contribution in [3.8, 4) is 0 Å². The maximum absolute atomic E-state index is 12.3. The normalized spacial score (nSPS) is 10.9. The van der Waals surface area contributed by atoms with E-state index < -0.39 is 13.0 Å². The summed E-state index contributed by atoms with van der Waals surface area (Å²) in [7, 11) is 0. The van der Waals surface area contributed by atoms with Crippen LogP contribution in [0.3, 0.4) is 0 Å². The summed E-state index contributed by atoms with van der Waals surface area (Å²) in [5.74, 6) is 0.401. The Labute approximate surface area is 109 Å². The standard InChI is InChI=1S/C9H10Br2F2N2O/c10-6-3-7(11)9(14-4-6)15(1-2-16)5-8(12)13/h3-4,8,16H,1-2,5H2. The Kier molecular flexibility index (Phi) is 5.57. The van der Waals surface area contributed by atoms with Crippen LogP contribution in [0.25, 0.3) is 0 Å². The molecule has 1 aromatic heterocycles. The third-order valence-electron chi connectivity index (χ3n) is 1.82. The lowest BCUT2D eigenvalue weighted by Gasteiger charge is -2.23. The van der Waals surface area contributed by atoms with Crippen molar-refractivity contribution in [3.63, 3.8) is 0 Å². The molecule has 3 nitrogen and oxygen atoms in total. The van der Waals surface area contributed by atoms with Crippen molar-refractivity contribution < 1.29 is 13.9 Å². The minimum atomic E-state index is -2.47. The van der Waals surface area contributed by atoms with E-state index in [4.69, 9.17) is 5.11 Å². The van der Waals surface area contributed by atoms with Crippen molar-refractivity contribution in [1.82, 2.24) is 4.98 Å². The number of hydrogen-bond acceptors (Lipinski definition) is 3. The molecule has 1 aromatic rings. The van der Waals surface area contributed by atoms with Gasteiger partial charge in [-0.25, -0.2) is 13.8 Å². The Morgan fingerprint density at radius 1 is 1.44 bits per heavy atom. The van der Waals surface area contributed by atoms with E-state index in [0.717, 1.165) is 4.47 Å². The van der Waals surface area contributed by atoms with Crippen molar-refractivity contribution >= 4 is 37.7 Å². The Morgan fingerprint density at radius 3 is 2.62 bits per heavy atom. The molecule has 0 atom stereocenters. The van der Waals surface area contributed by atoms with Gasteiger partial charge >= 0.3 is 0 Å². The third-order valence-corrected chi connectivity index (χ3v) is 2.83. The number of nitrogens with zero attached hydrogens (tertiary/aromatic N) is 2. The van der Waals surface area contributed by atoms with Gasteiger partial charge in [0.05, 0.1) is 17.6 Å². The minimum Gasteiger partial charge on any atom is -0.395 e. The highest BCUT2D eigenvalue weighted by Crippen LogP contribution is 2.26. The first-order valence-corrected chi connectivity index (χ1v) is 6.08. The molecule has 0 fully saturated rings. The van der Waals surface area contributed by atoms with E-state index in [2.05, 4.69) is 36.8 Å². The van der Waals surface area contributed by atoms with E-state index in [1.165, 1.54) is 11.1 Å². The summed E-state index contributed by atoms with van der Waals surface area (Å²) in [5.41, 5.74) is 0. The second-order valence-corrected chi connectivity index (χ2v) is 4.79. The number of alkyl halides is 2. The van der Waals surface area contributed by atoms with Gasteiger partial charge in [0.15, 0.2) is 0 Å². The van der Waals surface area contributed by atoms with Gasteiger partial charge in [0.2, 0.25) is 0 Å². The van der Waals surface area contributed by atoms with Crippen LogP contribution < -0.4 is 4.90 Å². The second kappa shape index (κ2) is 6.46. The van der Waals surface area contributed by atoms with Crippen LogP contribution in [0.5, 0.6) is 0 Å². The molecule has 0 spiro atoms.